The van der Waals surface area contributed by atoms with Crippen LogP contribution in [0.4, 0.5) is 4.39 Å². The lowest BCUT2D eigenvalue weighted by Gasteiger charge is -2.07. The Morgan fingerprint density at radius 3 is 2.25 bits per heavy atom. The second kappa shape index (κ2) is 5.60. The van der Waals surface area contributed by atoms with Crippen LogP contribution in [0.25, 0.3) is 0 Å². The standard InChI is InChI=1S/C13H9ClFNO3S/c14-9-5-7-10(8-6-9)20(18,19)16-13(17)11-3-1-2-4-12(11)15/h1-8H,(H,16,17). The summed E-state index contributed by atoms with van der Waals surface area (Å²) in [4.78, 5) is 11.6. The summed E-state index contributed by atoms with van der Waals surface area (Å²) in [6.45, 7) is 0. The zero-order valence-corrected chi connectivity index (χ0v) is 11.6. The topological polar surface area (TPSA) is 63.2 Å². The summed E-state index contributed by atoms with van der Waals surface area (Å²) in [6.07, 6.45) is 0. The van der Waals surface area contributed by atoms with Gasteiger partial charge in [-0.1, -0.05) is 23.7 Å². The van der Waals surface area contributed by atoms with Crippen LogP contribution < -0.4 is 4.72 Å². The number of benzene rings is 2. The second-order valence-electron chi connectivity index (χ2n) is 3.87. The van der Waals surface area contributed by atoms with Gasteiger partial charge in [0.25, 0.3) is 15.9 Å². The summed E-state index contributed by atoms with van der Waals surface area (Å²) in [7, 11) is -4.07. The summed E-state index contributed by atoms with van der Waals surface area (Å²) in [5, 5.41) is 0.365. The van der Waals surface area contributed by atoms with Crippen molar-refractivity contribution < 1.29 is 17.6 Å². The molecule has 0 atom stereocenters. The number of carbonyl (C=O) groups is 1. The van der Waals surface area contributed by atoms with E-state index >= 15 is 0 Å². The molecule has 0 bridgehead atoms. The molecule has 0 aliphatic rings. The molecule has 7 heteroatoms. The van der Waals surface area contributed by atoms with Crippen molar-refractivity contribution in [3.8, 4) is 0 Å². The Labute approximate surface area is 120 Å². The van der Waals surface area contributed by atoms with Crippen molar-refractivity contribution in [1.82, 2.24) is 4.72 Å². The molecule has 2 aromatic rings. The summed E-state index contributed by atoms with van der Waals surface area (Å²) in [5.74, 6) is -1.82. The summed E-state index contributed by atoms with van der Waals surface area (Å²) in [5.41, 5.74) is -0.343. The lowest BCUT2D eigenvalue weighted by atomic mass is 10.2. The van der Waals surface area contributed by atoms with Crippen LogP contribution in [-0.2, 0) is 10.0 Å². The molecule has 1 amide bonds. The Balaban J connectivity index is 2.27. The number of halogens is 2. The fraction of sp³-hybridized carbons (Fsp3) is 0. The maximum absolute atomic E-state index is 13.4. The Kier molecular flexibility index (Phi) is 4.06. The molecule has 20 heavy (non-hydrogen) atoms. The number of carbonyl (C=O) groups excluding carboxylic acids is 1. The minimum atomic E-state index is -4.07. The first-order valence-corrected chi connectivity index (χ1v) is 7.33. The molecule has 0 aromatic heterocycles. The van der Waals surface area contributed by atoms with E-state index in [4.69, 9.17) is 11.6 Å². The fourth-order valence-corrected chi connectivity index (χ4v) is 2.59. The van der Waals surface area contributed by atoms with Gasteiger partial charge in [-0.3, -0.25) is 4.79 Å². The zero-order valence-electron chi connectivity index (χ0n) is 10.0. The highest BCUT2D eigenvalue weighted by atomic mass is 35.5. The van der Waals surface area contributed by atoms with Crippen molar-refractivity contribution in [3.05, 3.63) is 64.9 Å². The summed E-state index contributed by atoms with van der Waals surface area (Å²) in [6, 6.07) is 10.4. The first-order valence-electron chi connectivity index (χ1n) is 5.47. The minimum absolute atomic E-state index is 0.133. The van der Waals surface area contributed by atoms with Gasteiger partial charge in [-0.15, -0.1) is 0 Å². The number of nitrogens with one attached hydrogen (secondary N) is 1. The Hall–Kier alpha value is -1.92. The lowest BCUT2D eigenvalue weighted by Crippen LogP contribution is -2.31. The highest BCUT2D eigenvalue weighted by molar-refractivity contribution is 7.90. The molecule has 0 fully saturated rings. The van der Waals surface area contributed by atoms with Crippen molar-refractivity contribution in [2.75, 3.05) is 0 Å². The quantitative estimate of drug-likeness (QED) is 0.947. The molecule has 2 rings (SSSR count). The maximum atomic E-state index is 13.4. The summed E-state index contributed by atoms with van der Waals surface area (Å²) >= 11 is 5.65. The van der Waals surface area contributed by atoms with Gasteiger partial charge in [0.2, 0.25) is 0 Å². The highest BCUT2D eigenvalue weighted by Gasteiger charge is 2.20. The van der Waals surface area contributed by atoms with Crippen molar-refractivity contribution in [1.29, 1.82) is 0 Å². The average Bonchev–Trinajstić information content (AvgIpc) is 2.39. The molecule has 0 aliphatic heterocycles. The number of hydrogen-bond acceptors (Lipinski definition) is 3. The van der Waals surface area contributed by atoms with Crippen LogP contribution >= 0.6 is 11.6 Å². The molecular formula is C13H9ClFNO3S. The maximum Gasteiger partial charge on any atom is 0.267 e. The van der Waals surface area contributed by atoms with E-state index in [9.17, 15) is 17.6 Å². The molecule has 0 heterocycles. The normalized spacial score (nSPS) is 11.1. The van der Waals surface area contributed by atoms with Crippen LogP contribution in [0.3, 0.4) is 0 Å². The molecule has 0 unspecified atom stereocenters. The van der Waals surface area contributed by atoms with Gasteiger partial charge in [0, 0.05) is 5.02 Å². The van der Waals surface area contributed by atoms with Crippen molar-refractivity contribution >= 4 is 27.5 Å². The van der Waals surface area contributed by atoms with Gasteiger partial charge < -0.3 is 0 Å². The van der Waals surface area contributed by atoms with Gasteiger partial charge >= 0.3 is 0 Å². The SMILES string of the molecule is O=C(NS(=O)(=O)c1ccc(Cl)cc1)c1ccccc1F. The van der Waals surface area contributed by atoms with Crippen LogP contribution in [0.1, 0.15) is 10.4 Å². The number of hydrogen-bond donors (Lipinski definition) is 1. The third-order valence-corrected chi connectivity index (χ3v) is 4.07. The fourth-order valence-electron chi connectivity index (χ4n) is 1.50. The van der Waals surface area contributed by atoms with Crippen molar-refractivity contribution in [3.63, 3.8) is 0 Å². The first-order chi connectivity index (χ1) is 9.40. The molecule has 0 saturated heterocycles. The van der Waals surface area contributed by atoms with Gasteiger partial charge in [0.05, 0.1) is 10.5 Å². The molecule has 0 saturated carbocycles. The largest absolute Gasteiger partial charge is 0.268 e. The number of rotatable bonds is 3. The molecule has 0 spiro atoms. The van der Waals surface area contributed by atoms with E-state index in [0.717, 1.165) is 6.07 Å². The highest BCUT2D eigenvalue weighted by Crippen LogP contribution is 2.15. The number of amides is 1. The Morgan fingerprint density at radius 2 is 1.65 bits per heavy atom. The van der Waals surface area contributed by atoms with E-state index in [0.29, 0.717) is 5.02 Å². The van der Waals surface area contributed by atoms with Gasteiger partial charge in [0.15, 0.2) is 0 Å². The van der Waals surface area contributed by atoms with Gasteiger partial charge in [-0.25, -0.2) is 17.5 Å². The smallest absolute Gasteiger partial charge is 0.267 e. The molecule has 4 nitrogen and oxygen atoms in total. The molecule has 0 aliphatic carbocycles. The van der Waals surface area contributed by atoms with Gasteiger partial charge in [-0.2, -0.15) is 0 Å². The predicted octanol–water partition coefficient (Wildman–Crippen LogP) is 2.60. The van der Waals surface area contributed by atoms with E-state index in [2.05, 4.69) is 0 Å². The molecule has 1 N–H and O–H groups in total. The Morgan fingerprint density at radius 1 is 1.05 bits per heavy atom. The van der Waals surface area contributed by atoms with Crippen LogP contribution in [-0.4, -0.2) is 14.3 Å². The number of sulfonamides is 1. The van der Waals surface area contributed by atoms with Crippen LogP contribution in [0.15, 0.2) is 53.4 Å². The third-order valence-electron chi connectivity index (χ3n) is 2.47. The lowest BCUT2D eigenvalue weighted by molar-refractivity contribution is 0.0977. The van der Waals surface area contributed by atoms with E-state index in [-0.39, 0.29) is 10.5 Å². The molecule has 0 radical (unpaired) electrons. The first kappa shape index (κ1) is 14.5. The minimum Gasteiger partial charge on any atom is -0.268 e. The average molecular weight is 314 g/mol. The predicted molar refractivity (Wildman–Crippen MR) is 72.5 cm³/mol. The monoisotopic (exact) mass is 313 g/mol. The second-order valence-corrected chi connectivity index (χ2v) is 5.99. The summed E-state index contributed by atoms with van der Waals surface area (Å²) < 4.78 is 39.1. The van der Waals surface area contributed by atoms with E-state index in [1.54, 1.807) is 4.72 Å². The van der Waals surface area contributed by atoms with E-state index in [1.165, 1.54) is 42.5 Å². The van der Waals surface area contributed by atoms with Crippen LogP contribution in [0.5, 0.6) is 0 Å². The Bertz CT molecular complexity index is 744. The molecule has 2 aromatic carbocycles. The van der Waals surface area contributed by atoms with E-state index < -0.39 is 21.7 Å². The van der Waals surface area contributed by atoms with Gasteiger partial charge in [-0.05, 0) is 36.4 Å². The third kappa shape index (κ3) is 3.15. The molecule has 104 valence electrons. The van der Waals surface area contributed by atoms with Crippen molar-refractivity contribution in [2.24, 2.45) is 0 Å². The molecular weight excluding hydrogens is 305 g/mol. The van der Waals surface area contributed by atoms with Gasteiger partial charge in [0.1, 0.15) is 5.82 Å². The zero-order chi connectivity index (χ0) is 14.8. The van der Waals surface area contributed by atoms with Crippen molar-refractivity contribution in [2.45, 2.75) is 4.90 Å². The van der Waals surface area contributed by atoms with Crippen LogP contribution in [0.2, 0.25) is 5.02 Å². The van der Waals surface area contributed by atoms with E-state index in [1.807, 2.05) is 0 Å². The van der Waals surface area contributed by atoms with Crippen LogP contribution in [0, 0.1) is 5.82 Å².